The first-order chi connectivity index (χ1) is 6.74. The summed E-state index contributed by atoms with van der Waals surface area (Å²) in [4.78, 5) is 13.3. The Bertz CT molecular complexity index is 181. The van der Waals surface area contributed by atoms with Crippen LogP contribution in [0.4, 0.5) is 0 Å². The van der Waals surface area contributed by atoms with E-state index in [9.17, 15) is 4.79 Å². The number of hydrogen-bond donors (Lipinski definition) is 1. The summed E-state index contributed by atoms with van der Waals surface area (Å²) in [5.41, 5.74) is 5.68. The smallest absolute Gasteiger partial charge is 0.324 e. The minimum atomic E-state index is -0.534. The van der Waals surface area contributed by atoms with Gasteiger partial charge in [-0.3, -0.25) is 9.69 Å². The van der Waals surface area contributed by atoms with E-state index in [-0.39, 0.29) is 5.97 Å². The van der Waals surface area contributed by atoms with Crippen LogP contribution in [0, 0.1) is 0 Å². The summed E-state index contributed by atoms with van der Waals surface area (Å²) in [7, 11) is 0. The van der Waals surface area contributed by atoms with Crippen molar-refractivity contribution in [2.45, 2.75) is 13.0 Å². The Morgan fingerprint density at radius 1 is 1.57 bits per heavy atom. The second kappa shape index (κ2) is 5.95. The van der Waals surface area contributed by atoms with Crippen LogP contribution in [0.5, 0.6) is 0 Å². The van der Waals surface area contributed by atoms with E-state index in [2.05, 4.69) is 4.90 Å². The van der Waals surface area contributed by atoms with Crippen LogP contribution < -0.4 is 5.73 Å². The van der Waals surface area contributed by atoms with Crippen LogP contribution in [-0.2, 0) is 14.3 Å². The molecule has 1 rings (SSSR count). The molecule has 1 unspecified atom stereocenters. The molecule has 0 spiro atoms. The van der Waals surface area contributed by atoms with E-state index >= 15 is 0 Å². The lowest BCUT2D eigenvalue weighted by Crippen LogP contribution is -2.47. The zero-order valence-electron chi connectivity index (χ0n) is 8.57. The highest BCUT2D eigenvalue weighted by molar-refractivity contribution is 5.75. The van der Waals surface area contributed by atoms with Gasteiger partial charge in [-0.15, -0.1) is 0 Å². The van der Waals surface area contributed by atoms with Crippen molar-refractivity contribution >= 4 is 5.97 Å². The number of nitrogens with zero attached hydrogens (tertiary/aromatic N) is 1. The molecule has 1 fully saturated rings. The molecule has 1 aliphatic heterocycles. The number of carbonyl (C=O) groups excluding carboxylic acids is 1. The van der Waals surface area contributed by atoms with Crippen molar-refractivity contribution in [1.29, 1.82) is 0 Å². The summed E-state index contributed by atoms with van der Waals surface area (Å²) in [6.07, 6.45) is 0. The first-order valence-corrected chi connectivity index (χ1v) is 4.96. The van der Waals surface area contributed by atoms with Crippen molar-refractivity contribution in [1.82, 2.24) is 4.90 Å². The van der Waals surface area contributed by atoms with Crippen LogP contribution in [0.1, 0.15) is 6.92 Å². The molecule has 1 aliphatic rings. The number of morpholine rings is 1. The quantitative estimate of drug-likeness (QED) is 0.605. The molecule has 0 aromatic carbocycles. The summed E-state index contributed by atoms with van der Waals surface area (Å²) in [6, 6.07) is -0.534. The normalized spacial score (nSPS) is 20.4. The summed E-state index contributed by atoms with van der Waals surface area (Å²) < 4.78 is 10.0. The molecule has 14 heavy (non-hydrogen) atoms. The minimum absolute atomic E-state index is 0.320. The van der Waals surface area contributed by atoms with Crippen molar-refractivity contribution in [3.05, 3.63) is 0 Å². The van der Waals surface area contributed by atoms with Crippen LogP contribution in [0.3, 0.4) is 0 Å². The van der Waals surface area contributed by atoms with Crippen LogP contribution in [-0.4, -0.2) is 56.4 Å². The third kappa shape index (κ3) is 3.61. The van der Waals surface area contributed by atoms with Gasteiger partial charge >= 0.3 is 5.97 Å². The van der Waals surface area contributed by atoms with E-state index in [1.165, 1.54) is 0 Å². The molecule has 82 valence electrons. The van der Waals surface area contributed by atoms with E-state index in [4.69, 9.17) is 15.2 Å². The monoisotopic (exact) mass is 202 g/mol. The molecule has 5 nitrogen and oxygen atoms in total. The van der Waals surface area contributed by atoms with Gasteiger partial charge in [-0.2, -0.15) is 0 Å². The fourth-order valence-electron chi connectivity index (χ4n) is 1.39. The molecule has 0 aromatic heterocycles. The Hall–Kier alpha value is -0.650. The number of hydrogen-bond acceptors (Lipinski definition) is 5. The van der Waals surface area contributed by atoms with Crippen molar-refractivity contribution in [2.24, 2.45) is 5.73 Å². The fourth-order valence-corrected chi connectivity index (χ4v) is 1.39. The number of nitrogens with two attached hydrogens (primary N) is 1. The Morgan fingerprint density at radius 2 is 2.21 bits per heavy atom. The molecule has 1 atom stereocenters. The van der Waals surface area contributed by atoms with Crippen molar-refractivity contribution < 1.29 is 14.3 Å². The molecule has 2 N–H and O–H groups in total. The standard InChI is InChI=1S/C9H18N2O3/c1-2-14-9(12)8(10)7-11-3-5-13-6-4-11/h8H,2-7,10H2,1H3. The van der Waals surface area contributed by atoms with E-state index in [1.807, 2.05) is 0 Å². The first kappa shape index (κ1) is 11.4. The topological polar surface area (TPSA) is 64.8 Å². The number of carbonyl (C=O) groups is 1. The van der Waals surface area contributed by atoms with Gasteiger partial charge in [-0.1, -0.05) is 0 Å². The SMILES string of the molecule is CCOC(=O)C(N)CN1CCOCC1. The maximum absolute atomic E-state index is 11.2. The third-order valence-corrected chi connectivity index (χ3v) is 2.15. The van der Waals surface area contributed by atoms with E-state index in [0.717, 1.165) is 26.3 Å². The van der Waals surface area contributed by atoms with Gasteiger partial charge in [-0.05, 0) is 6.92 Å². The lowest BCUT2D eigenvalue weighted by molar-refractivity contribution is -0.145. The zero-order valence-corrected chi connectivity index (χ0v) is 8.57. The molecule has 5 heteroatoms. The van der Waals surface area contributed by atoms with Crippen molar-refractivity contribution in [3.63, 3.8) is 0 Å². The molecule has 0 aliphatic carbocycles. The summed E-state index contributed by atoms with van der Waals surface area (Å²) >= 11 is 0. The van der Waals surface area contributed by atoms with Crippen LogP contribution in [0.15, 0.2) is 0 Å². The maximum atomic E-state index is 11.2. The summed E-state index contributed by atoms with van der Waals surface area (Å²) in [6.45, 7) is 5.84. The number of ether oxygens (including phenoxy) is 2. The molecular weight excluding hydrogens is 184 g/mol. The average molecular weight is 202 g/mol. The predicted octanol–water partition coefficient (Wildman–Crippen LogP) is -0.791. The summed E-state index contributed by atoms with van der Waals surface area (Å²) in [5, 5.41) is 0. The second-order valence-corrected chi connectivity index (χ2v) is 3.27. The van der Waals surface area contributed by atoms with Crippen LogP contribution in [0.2, 0.25) is 0 Å². The Morgan fingerprint density at radius 3 is 2.79 bits per heavy atom. The number of rotatable bonds is 4. The highest BCUT2D eigenvalue weighted by Gasteiger charge is 2.19. The van der Waals surface area contributed by atoms with Gasteiger partial charge in [0.05, 0.1) is 19.8 Å². The van der Waals surface area contributed by atoms with Crippen molar-refractivity contribution in [3.8, 4) is 0 Å². The molecule has 0 amide bonds. The second-order valence-electron chi connectivity index (χ2n) is 3.27. The molecule has 0 aromatic rings. The van der Waals surface area contributed by atoms with E-state index < -0.39 is 6.04 Å². The van der Waals surface area contributed by atoms with Crippen LogP contribution >= 0.6 is 0 Å². The van der Waals surface area contributed by atoms with E-state index in [1.54, 1.807) is 6.92 Å². The van der Waals surface area contributed by atoms with Gasteiger partial charge in [0.2, 0.25) is 0 Å². The Labute approximate surface area is 84.1 Å². The Kier molecular flexibility index (Phi) is 4.86. The average Bonchev–Trinajstić information content (AvgIpc) is 2.19. The van der Waals surface area contributed by atoms with Crippen LogP contribution in [0.25, 0.3) is 0 Å². The fraction of sp³-hybridized carbons (Fsp3) is 0.889. The van der Waals surface area contributed by atoms with Gasteiger partial charge in [0.1, 0.15) is 6.04 Å². The highest BCUT2D eigenvalue weighted by atomic mass is 16.5. The third-order valence-electron chi connectivity index (χ3n) is 2.15. The lowest BCUT2D eigenvalue weighted by Gasteiger charge is -2.28. The maximum Gasteiger partial charge on any atom is 0.324 e. The minimum Gasteiger partial charge on any atom is -0.465 e. The largest absolute Gasteiger partial charge is 0.465 e. The first-order valence-electron chi connectivity index (χ1n) is 4.96. The molecule has 0 saturated carbocycles. The highest BCUT2D eigenvalue weighted by Crippen LogP contribution is 1.98. The molecular formula is C9H18N2O3. The number of esters is 1. The molecule has 1 heterocycles. The molecule has 1 saturated heterocycles. The lowest BCUT2D eigenvalue weighted by atomic mass is 10.3. The van der Waals surface area contributed by atoms with E-state index in [0.29, 0.717) is 13.2 Å². The molecule has 0 radical (unpaired) electrons. The van der Waals surface area contributed by atoms with Gasteiger partial charge in [0.15, 0.2) is 0 Å². The van der Waals surface area contributed by atoms with Gasteiger partial charge < -0.3 is 15.2 Å². The van der Waals surface area contributed by atoms with Gasteiger partial charge in [0.25, 0.3) is 0 Å². The summed E-state index contributed by atoms with van der Waals surface area (Å²) in [5.74, 6) is -0.320. The molecule has 0 bridgehead atoms. The van der Waals surface area contributed by atoms with Gasteiger partial charge in [0, 0.05) is 19.6 Å². The van der Waals surface area contributed by atoms with Crippen molar-refractivity contribution in [2.75, 3.05) is 39.5 Å². The Balaban J connectivity index is 2.24. The predicted molar refractivity (Wildman–Crippen MR) is 51.9 cm³/mol. The zero-order chi connectivity index (χ0) is 10.4. The van der Waals surface area contributed by atoms with Gasteiger partial charge in [-0.25, -0.2) is 0 Å².